The van der Waals surface area contributed by atoms with E-state index in [2.05, 4.69) is 41.0 Å². The Bertz CT molecular complexity index is 957. The first-order valence-corrected chi connectivity index (χ1v) is 10.8. The molecule has 1 aliphatic heterocycles. The normalized spacial score (nSPS) is 21.9. The molecule has 0 amide bonds. The van der Waals surface area contributed by atoms with Gasteiger partial charge in [-0.1, -0.05) is 44.2 Å². The zero-order valence-corrected chi connectivity index (χ0v) is 17.7. The summed E-state index contributed by atoms with van der Waals surface area (Å²) in [4.78, 5) is 8.69. The molecule has 3 atom stereocenters. The Kier molecular flexibility index (Phi) is 5.29. The van der Waals surface area contributed by atoms with Gasteiger partial charge in [0.2, 0.25) is 10.8 Å². The molecule has 1 aliphatic rings. The predicted octanol–water partition coefficient (Wildman–Crippen LogP) is 4.13. The number of benzene rings is 1. The molecule has 150 valence electrons. The van der Waals surface area contributed by atoms with Crippen LogP contribution in [0.15, 0.2) is 24.3 Å². The highest BCUT2D eigenvalue weighted by Gasteiger charge is 2.33. The average Bonchev–Trinajstić information content (AvgIpc) is 3.21. The minimum atomic E-state index is -0.0427. The van der Waals surface area contributed by atoms with E-state index in [1.165, 1.54) is 17.8 Å². The first-order valence-electron chi connectivity index (χ1n) is 9.95. The number of hydrogen-bond donors (Lipinski definition) is 1. The van der Waals surface area contributed by atoms with Crippen molar-refractivity contribution in [1.29, 1.82) is 0 Å². The zero-order chi connectivity index (χ0) is 19.8. The zero-order valence-electron chi connectivity index (χ0n) is 16.9. The lowest BCUT2D eigenvalue weighted by atomic mass is 9.89. The molecule has 7 heteroatoms. The predicted molar refractivity (Wildman–Crippen MR) is 111 cm³/mol. The number of fused-ring (bicyclic) bond motifs is 1. The topological polar surface area (TPSA) is 62.9 Å². The number of thiazole rings is 1. The standard InChI is InChI=1S/C21H28N4O2S/c1-5-17-22-21-25(23-17)20(26)19(28-21)18(15-7-6-8-16(10-15)27-4)24-11-13(2)9-14(3)12-24/h6-8,10,13-14,18,26H,5,9,11-12H2,1-4H3/t13-,14+,18-/m0/s1. The maximum Gasteiger partial charge on any atom is 0.230 e. The molecular formula is C21H28N4O2S. The highest BCUT2D eigenvalue weighted by atomic mass is 32.1. The molecule has 0 saturated carbocycles. The Hall–Kier alpha value is -2.12. The van der Waals surface area contributed by atoms with E-state index in [0.717, 1.165) is 46.5 Å². The molecule has 0 aliphatic carbocycles. The van der Waals surface area contributed by atoms with Crippen molar-refractivity contribution in [3.8, 4) is 11.6 Å². The summed E-state index contributed by atoms with van der Waals surface area (Å²) in [6.07, 6.45) is 1.99. The molecule has 3 heterocycles. The molecule has 1 aromatic carbocycles. The average molecular weight is 401 g/mol. The van der Waals surface area contributed by atoms with Gasteiger partial charge in [0.1, 0.15) is 5.75 Å². The maximum atomic E-state index is 11.0. The van der Waals surface area contributed by atoms with Crippen molar-refractivity contribution < 1.29 is 9.84 Å². The van der Waals surface area contributed by atoms with E-state index in [9.17, 15) is 5.11 Å². The summed E-state index contributed by atoms with van der Waals surface area (Å²) in [6.45, 7) is 8.63. The van der Waals surface area contributed by atoms with Crippen molar-refractivity contribution in [2.75, 3.05) is 20.2 Å². The van der Waals surface area contributed by atoms with Crippen molar-refractivity contribution >= 4 is 16.3 Å². The number of aromatic nitrogens is 3. The molecule has 28 heavy (non-hydrogen) atoms. The molecule has 1 fully saturated rings. The second kappa shape index (κ2) is 7.72. The van der Waals surface area contributed by atoms with E-state index in [4.69, 9.17) is 4.74 Å². The van der Waals surface area contributed by atoms with Crippen LogP contribution in [-0.4, -0.2) is 44.8 Å². The van der Waals surface area contributed by atoms with E-state index in [-0.39, 0.29) is 11.9 Å². The van der Waals surface area contributed by atoms with Crippen LogP contribution in [0.5, 0.6) is 11.6 Å². The lowest BCUT2D eigenvalue weighted by Gasteiger charge is -2.40. The number of likely N-dealkylation sites (tertiary alicyclic amines) is 1. The molecule has 0 bridgehead atoms. The number of piperidine rings is 1. The lowest BCUT2D eigenvalue weighted by molar-refractivity contribution is 0.111. The van der Waals surface area contributed by atoms with Crippen LogP contribution < -0.4 is 4.74 Å². The molecule has 2 aromatic heterocycles. The van der Waals surface area contributed by atoms with Crippen molar-refractivity contribution in [2.45, 2.75) is 39.7 Å². The van der Waals surface area contributed by atoms with E-state index >= 15 is 0 Å². The fourth-order valence-corrected chi connectivity index (χ4v) is 5.52. The third-order valence-electron chi connectivity index (χ3n) is 5.48. The van der Waals surface area contributed by atoms with E-state index < -0.39 is 0 Å². The number of aromatic hydroxyl groups is 1. The third kappa shape index (κ3) is 3.49. The van der Waals surface area contributed by atoms with E-state index in [1.807, 2.05) is 19.1 Å². The van der Waals surface area contributed by atoms with Crippen LogP contribution in [0.4, 0.5) is 0 Å². The molecule has 1 saturated heterocycles. The smallest absolute Gasteiger partial charge is 0.230 e. The lowest BCUT2D eigenvalue weighted by Crippen LogP contribution is -2.41. The largest absolute Gasteiger partial charge is 0.497 e. The summed E-state index contributed by atoms with van der Waals surface area (Å²) in [6, 6.07) is 8.11. The van der Waals surface area contributed by atoms with Crippen LogP contribution in [0, 0.1) is 11.8 Å². The summed E-state index contributed by atoms with van der Waals surface area (Å²) < 4.78 is 7.05. The third-order valence-corrected chi connectivity index (χ3v) is 6.55. The minimum Gasteiger partial charge on any atom is -0.497 e. The van der Waals surface area contributed by atoms with Gasteiger partial charge < -0.3 is 9.84 Å². The highest BCUT2D eigenvalue weighted by Crippen LogP contribution is 2.42. The first-order chi connectivity index (χ1) is 13.5. The molecule has 0 unspecified atom stereocenters. The van der Waals surface area contributed by atoms with Gasteiger partial charge in [-0.25, -0.2) is 4.98 Å². The number of aryl methyl sites for hydroxylation is 1. The quantitative estimate of drug-likeness (QED) is 0.698. The number of nitrogens with zero attached hydrogens (tertiary/aromatic N) is 4. The van der Waals surface area contributed by atoms with Crippen molar-refractivity contribution in [3.05, 3.63) is 40.5 Å². The van der Waals surface area contributed by atoms with Crippen molar-refractivity contribution in [2.24, 2.45) is 11.8 Å². The second-order valence-corrected chi connectivity index (χ2v) is 8.95. The van der Waals surface area contributed by atoms with Gasteiger partial charge in [-0.3, -0.25) is 4.90 Å². The Labute approximate surface area is 169 Å². The number of methoxy groups -OCH3 is 1. The van der Waals surface area contributed by atoms with Crippen LogP contribution in [-0.2, 0) is 6.42 Å². The van der Waals surface area contributed by atoms with Crippen LogP contribution in [0.3, 0.4) is 0 Å². The number of hydrogen-bond acceptors (Lipinski definition) is 6. The second-order valence-electron chi connectivity index (χ2n) is 7.94. The van der Waals surface area contributed by atoms with Gasteiger partial charge in [-0.15, -0.1) is 5.10 Å². The number of ether oxygens (including phenoxy) is 1. The summed E-state index contributed by atoms with van der Waals surface area (Å²) in [7, 11) is 1.69. The Morgan fingerprint density at radius 3 is 2.68 bits per heavy atom. The summed E-state index contributed by atoms with van der Waals surface area (Å²) in [5.41, 5.74) is 1.12. The van der Waals surface area contributed by atoms with Gasteiger partial charge in [0.05, 0.1) is 18.0 Å². The highest BCUT2D eigenvalue weighted by molar-refractivity contribution is 7.17. The fraction of sp³-hybridized carbons (Fsp3) is 0.524. The monoisotopic (exact) mass is 400 g/mol. The molecule has 1 N–H and O–H groups in total. The van der Waals surface area contributed by atoms with Gasteiger partial charge in [-0.2, -0.15) is 4.52 Å². The Morgan fingerprint density at radius 1 is 1.29 bits per heavy atom. The minimum absolute atomic E-state index is 0.0427. The number of rotatable bonds is 5. The fourth-order valence-electron chi connectivity index (χ4n) is 4.38. The molecule has 0 radical (unpaired) electrons. The van der Waals surface area contributed by atoms with Crippen LogP contribution in [0.25, 0.3) is 4.96 Å². The molecule has 3 aromatic rings. The summed E-state index contributed by atoms with van der Waals surface area (Å²) >= 11 is 1.53. The maximum absolute atomic E-state index is 11.0. The first kappa shape index (κ1) is 19.2. The van der Waals surface area contributed by atoms with Gasteiger partial charge in [0.15, 0.2) is 5.82 Å². The van der Waals surface area contributed by atoms with Crippen LogP contribution in [0.2, 0.25) is 0 Å². The van der Waals surface area contributed by atoms with E-state index in [1.54, 1.807) is 11.6 Å². The SMILES string of the molecule is CCc1nc2sc([C@H](c3cccc(OC)c3)N3C[C@H](C)C[C@H](C)C3)c(O)n2n1. The molecule has 6 nitrogen and oxygen atoms in total. The van der Waals surface area contributed by atoms with Crippen molar-refractivity contribution in [1.82, 2.24) is 19.5 Å². The summed E-state index contributed by atoms with van der Waals surface area (Å²) in [5.74, 6) is 3.02. The Morgan fingerprint density at radius 2 is 2.04 bits per heavy atom. The van der Waals surface area contributed by atoms with Gasteiger partial charge >= 0.3 is 0 Å². The molecular weight excluding hydrogens is 372 g/mol. The van der Waals surface area contributed by atoms with Gasteiger partial charge in [-0.05, 0) is 36.0 Å². The van der Waals surface area contributed by atoms with Crippen LogP contribution >= 0.6 is 11.3 Å². The van der Waals surface area contributed by atoms with Gasteiger partial charge in [0.25, 0.3) is 0 Å². The molecule has 0 spiro atoms. The van der Waals surface area contributed by atoms with E-state index in [0.29, 0.717) is 11.8 Å². The Balaban J connectivity index is 1.82. The molecule has 4 rings (SSSR count). The van der Waals surface area contributed by atoms with Crippen molar-refractivity contribution in [3.63, 3.8) is 0 Å². The van der Waals surface area contributed by atoms with Gasteiger partial charge in [0, 0.05) is 19.5 Å². The van der Waals surface area contributed by atoms with Crippen LogP contribution in [0.1, 0.15) is 49.5 Å². The summed E-state index contributed by atoms with van der Waals surface area (Å²) in [5, 5.41) is 15.5.